The number of rotatable bonds is 2. The average molecular weight is 278 g/mol. The predicted octanol–water partition coefficient (Wildman–Crippen LogP) is 3.18. The molecule has 0 amide bonds. The molecule has 0 aromatic heterocycles. The quantitative estimate of drug-likeness (QED) is 0.778. The molecule has 0 aliphatic heterocycles. The van der Waals surface area contributed by atoms with E-state index in [-0.39, 0.29) is 5.92 Å². The zero-order chi connectivity index (χ0) is 9.14. The zero-order valence-electron chi connectivity index (χ0n) is 7.08. The summed E-state index contributed by atoms with van der Waals surface area (Å²) in [6, 6.07) is 7.19. The van der Waals surface area contributed by atoms with Gasteiger partial charge in [0.15, 0.2) is 0 Å². The van der Waals surface area contributed by atoms with Crippen LogP contribution in [0.1, 0.15) is 25.3 Å². The maximum atomic E-state index is 10.9. The average Bonchev–Trinajstić information content (AvgIpc) is 2.04. The second kappa shape index (κ2) is 3.98. The van der Waals surface area contributed by atoms with Gasteiger partial charge in [-0.25, -0.2) is 6.14 Å². The highest BCUT2D eigenvalue weighted by Gasteiger charge is 2.08. The summed E-state index contributed by atoms with van der Waals surface area (Å²) in [5.74, 6) is 0.281. The molecule has 0 unspecified atom stereocenters. The van der Waals surface area contributed by atoms with E-state index in [4.69, 9.17) is 0 Å². The van der Waals surface area contributed by atoms with Gasteiger partial charge in [0.25, 0.3) is 0 Å². The lowest BCUT2D eigenvalue weighted by molar-refractivity contribution is 0.610. The largest absolute Gasteiger partial charge is 0.341 e. The van der Waals surface area contributed by atoms with Crippen molar-refractivity contribution in [3.63, 3.8) is 0 Å². The van der Waals surface area contributed by atoms with Crippen LogP contribution in [0.5, 0.6) is 0 Å². The van der Waals surface area contributed by atoms with Gasteiger partial charge in [-0.2, -0.15) is 0 Å². The molecule has 12 heavy (non-hydrogen) atoms. The molecular formula is C9H11IO2. The van der Waals surface area contributed by atoms with Crippen LogP contribution >= 0.6 is 19.8 Å². The molecular weight excluding hydrogens is 267 g/mol. The Morgan fingerprint density at radius 2 is 1.75 bits per heavy atom. The number of halogens is 1. The van der Waals surface area contributed by atoms with Crippen molar-refractivity contribution >= 4 is 19.8 Å². The van der Waals surface area contributed by atoms with Crippen LogP contribution in [0.3, 0.4) is 0 Å². The van der Waals surface area contributed by atoms with Gasteiger partial charge in [0.2, 0.25) is 0 Å². The van der Waals surface area contributed by atoms with Crippen molar-refractivity contribution in [3.8, 4) is 0 Å². The summed E-state index contributed by atoms with van der Waals surface area (Å²) in [7, 11) is 0. The molecule has 1 aromatic carbocycles. The normalized spacial score (nSPS) is 11.0. The first-order valence-corrected chi connectivity index (χ1v) is 6.61. The van der Waals surface area contributed by atoms with E-state index >= 15 is 0 Å². The van der Waals surface area contributed by atoms with Crippen LogP contribution in [-0.2, 0) is 6.14 Å². The SMILES string of the molecule is CC(C)c1ccccc1I(=O)=O. The van der Waals surface area contributed by atoms with Crippen molar-refractivity contribution < 1.29 is 6.14 Å². The van der Waals surface area contributed by atoms with Crippen LogP contribution in [-0.4, -0.2) is 0 Å². The zero-order valence-corrected chi connectivity index (χ0v) is 9.24. The van der Waals surface area contributed by atoms with Gasteiger partial charge in [-0.05, 0) is 17.5 Å². The molecule has 0 heterocycles. The Morgan fingerprint density at radius 1 is 1.17 bits per heavy atom. The Hall–Kier alpha value is -0.450. The maximum absolute atomic E-state index is 10.9. The van der Waals surface area contributed by atoms with Gasteiger partial charge in [0.05, 0.1) is 3.57 Å². The molecule has 66 valence electrons. The van der Waals surface area contributed by atoms with Crippen LogP contribution in [0, 0.1) is 3.57 Å². The first-order chi connectivity index (χ1) is 5.63. The van der Waals surface area contributed by atoms with E-state index in [0.717, 1.165) is 5.56 Å². The summed E-state index contributed by atoms with van der Waals surface area (Å²) < 4.78 is 22.2. The van der Waals surface area contributed by atoms with Crippen LogP contribution < -0.4 is 0 Å². The minimum Gasteiger partial charge on any atom is -0.230 e. The first kappa shape index (κ1) is 9.64. The van der Waals surface area contributed by atoms with Gasteiger partial charge < -0.3 is 0 Å². The summed E-state index contributed by atoms with van der Waals surface area (Å²) in [5, 5.41) is 0. The van der Waals surface area contributed by atoms with E-state index in [1.54, 1.807) is 12.1 Å². The molecule has 0 radical (unpaired) electrons. The Morgan fingerprint density at radius 3 is 2.17 bits per heavy atom. The Balaban J connectivity index is 3.27. The van der Waals surface area contributed by atoms with Crippen molar-refractivity contribution in [3.05, 3.63) is 33.4 Å². The van der Waals surface area contributed by atoms with Gasteiger partial charge in [0, 0.05) is 0 Å². The fourth-order valence-corrected chi connectivity index (χ4v) is 2.90. The molecule has 1 rings (SSSR count). The second-order valence-corrected chi connectivity index (χ2v) is 5.30. The molecule has 0 aliphatic carbocycles. The van der Waals surface area contributed by atoms with Crippen LogP contribution in [0.2, 0.25) is 0 Å². The van der Waals surface area contributed by atoms with E-state index < -0.39 is 19.8 Å². The highest BCUT2D eigenvalue weighted by molar-refractivity contribution is 14.2. The number of hydrogen-bond acceptors (Lipinski definition) is 2. The summed E-state index contributed by atoms with van der Waals surface area (Å²) in [5.41, 5.74) is 0.938. The summed E-state index contributed by atoms with van der Waals surface area (Å²) in [4.78, 5) is 0. The van der Waals surface area contributed by atoms with E-state index in [9.17, 15) is 6.14 Å². The van der Waals surface area contributed by atoms with Gasteiger partial charge >= 0.3 is 19.8 Å². The second-order valence-electron chi connectivity index (χ2n) is 2.89. The Kier molecular flexibility index (Phi) is 3.20. The van der Waals surface area contributed by atoms with E-state index in [0.29, 0.717) is 3.57 Å². The third-order valence-electron chi connectivity index (χ3n) is 1.69. The van der Waals surface area contributed by atoms with Crippen molar-refractivity contribution in [2.45, 2.75) is 19.8 Å². The lowest BCUT2D eigenvalue weighted by Crippen LogP contribution is -1.90. The summed E-state index contributed by atoms with van der Waals surface area (Å²) in [6.45, 7) is 4.00. The molecule has 0 saturated carbocycles. The summed E-state index contributed by atoms with van der Waals surface area (Å²) in [6.07, 6.45) is 0. The first-order valence-electron chi connectivity index (χ1n) is 3.77. The Labute approximate surface area is 79.1 Å². The minimum atomic E-state index is -3.29. The molecule has 1 aromatic rings. The van der Waals surface area contributed by atoms with Crippen molar-refractivity contribution in [2.24, 2.45) is 0 Å². The number of hydrogen-bond donors (Lipinski definition) is 0. The third-order valence-corrected chi connectivity index (χ3v) is 3.62. The lowest BCUT2D eigenvalue weighted by Gasteiger charge is -2.05. The van der Waals surface area contributed by atoms with Crippen LogP contribution in [0.15, 0.2) is 24.3 Å². The van der Waals surface area contributed by atoms with E-state index in [1.165, 1.54) is 0 Å². The lowest BCUT2D eigenvalue weighted by atomic mass is 10.0. The van der Waals surface area contributed by atoms with Gasteiger partial charge in [0.1, 0.15) is 0 Å². The minimum absolute atomic E-state index is 0.281. The molecule has 0 bridgehead atoms. The smallest absolute Gasteiger partial charge is 0.230 e. The predicted molar refractivity (Wildman–Crippen MR) is 54.6 cm³/mol. The van der Waals surface area contributed by atoms with E-state index in [2.05, 4.69) is 0 Å². The molecule has 0 saturated heterocycles. The third kappa shape index (κ3) is 2.03. The monoisotopic (exact) mass is 278 g/mol. The van der Waals surface area contributed by atoms with Crippen molar-refractivity contribution in [2.75, 3.05) is 0 Å². The molecule has 0 N–H and O–H groups in total. The molecule has 0 spiro atoms. The summed E-state index contributed by atoms with van der Waals surface area (Å²) >= 11 is -3.29. The standard InChI is InChI=1S/C9H11IO2/c1-7(2)8-5-3-4-6-9(8)10(11)12/h3-7H,1-2H3. The molecule has 2 nitrogen and oxygen atoms in total. The fraction of sp³-hybridized carbons (Fsp3) is 0.333. The van der Waals surface area contributed by atoms with Crippen LogP contribution in [0.4, 0.5) is 0 Å². The van der Waals surface area contributed by atoms with Gasteiger partial charge in [-0.1, -0.05) is 32.0 Å². The topological polar surface area (TPSA) is 34.1 Å². The molecule has 0 fully saturated rings. The molecule has 3 heteroatoms. The molecule has 0 atom stereocenters. The highest BCUT2D eigenvalue weighted by atomic mass is 127. The van der Waals surface area contributed by atoms with Crippen molar-refractivity contribution in [1.29, 1.82) is 0 Å². The van der Waals surface area contributed by atoms with Crippen molar-refractivity contribution in [1.82, 2.24) is 0 Å². The highest BCUT2D eigenvalue weighted by Crippen LogP contribution is 2.26. The van der Waals surface area contributed by atoms with E-state index in [1.807, 2.05) is 26.0 Å². The Bertz CT molecular complexity index is 332. The van der Waals surface area contributed by atoms with Gasteiger partial charge in [-0.3, -0.25) is 0 Å². The fourth-order valence-electron chi connectivity index (χ4n) is 1.08. The molecule has 0 aliphatic rings. The number of benzene rings is 1. The maximum Gasteiger partial charge on any atom is 0.341 e. The van der Waals surface area contributed by atoms with Crippen LogP contribution in [0.25, 0.3) is 0 Å². The van der Waals surface area contributed by atoms with Gasteiger partial charge in [-0.15, -0.1) is 0 Å².